The first-order valence-corrected chi connectivity index (χ1v) is 9.87. The monoisotopic (exact) mass is 409 g/mol. The van der Waals surface area contributed by atoms with Gasteiger partial charge in [0.1, 0.15) is 17.3 Å². The highest BCUT2D eigenvalue weighted by Gasteiger charge is 2.35. The quantitative estimate of drug-likeness (QED) is 0.558. The Morgan fingerprint density at radius 2 is 1.93 bits per heavy atom. The number of aromatic nitrogens is 3. The van der Waals surface area contributed by atoms with Crippen molar-refractivity contribution in [3.63, 3.8) is 0 Å². The summed E-state index contributed by atoms with van der Waals surface area (Å²) in [7, 11) is 0. The van der Waals surface area contributed by atoms with E-state index in [2.05, 4.69) is 14.8 Å². The Labute approximate surface area is 165 Å². The average molecular weight is 409 g/mol. The molecule has 1 atom stereocenters. The van der Waals surface area contributed by atoms with Gasteiger partial charge in [-0.3, -0.25) is 10.1 Å². The van der Waals surface area contributed by atoms with Crippen molar-refractivity contribution in [2.75, 3.05) is 18.0 Å². The lowest BCUT2D eigenvalue weighted by atomic mass is 9.96. The molecule has 156 valence electrons. The number of aryl methyl sites for hydroxylation is 1. The van der Waals surface area contributed by atoms with Crippen molar-refractivity contribution in [1.82, 2.24) is 14.8 Å². The summed E-state index contributed by atoms with van der Waals surface area (Å²) < 4.78 is 41.1. The number of rotatable bonds is 3. The lowest BCUT2D eigenvalue weighted by Crippen LogP contribution is -2.36. The second kappa shape index (κ2) is 7.64. The first-order chi connectivity index (χ1) is 13.8. The normalized spacial score (nSPS) is 20.2. The van der Waals surface area contributed by atoms with E-state index in [9.17, 15) is 23.3 Å². The second-order valence-corrected chi connectivity index (χ2v) is 7.68. The molecule has 1 aromatic heterocycles. The summed E-state index contributed by atoms with van der Waals surface area (Å²) in [5, 5.41) is 20.2. The van der Waals surface area contributed by atoms with Crippen LogP contribution in [0.4, 0.5) is 24.5 Å². The van der Waals surface area contributed by atoms with Gasteiger partial charge < -0.3 is 9.47 Å². The Bertz CT molecular complexity index is 912. The number of nitro benzene ring substituents is 1. The molecule has 0 saturated carbocycles. The van der Waals surface area contributed by atoms with E-state index < -0.39 is 22.4 Å². The summed E-state index contributed by atoms with van der Waals surface area (Å²) in [6, 6.07) is 2.75. The summed E-state index contributed by atoms with van der Waals surface area (Å²) in [5.41, 5.74) is -1.30. The molecular formula is C19H22F3N5O2. The van der Waals surface area contributed by atoms with Gasteiger partial charge >= 0.3 is 6.18 Å². The van der Waals surface area contributed by atoms with Crippen LogP contribution in [0.2, 0.25) is 0 Å². The second-order valence-electron chi connectivity index (χ2n) is 7.68. The van der Waals surface area contributed by atoms with E-state index >= 15 is 0 Å². The Morgan fingerprint density at radius 1 is 1.10 bits per heavy atom. The molecule has 7 nitrogen and oxygen atoms in total. The molecule has 2 aliphatic heterocycles. The predicted octanol–water partition coefficient (Wildman–Crippen LogP) is 4.32. The van der Waals surface area contributed by atoms with Gasteiger partial charge in [-0.05, 0) is 37.8 Å². The minimum Gasteiger partial charge on any atom is -0.365 e. The van der Waals surface area contributed by atoms with Crippen LogP contribution in [0.5, 0.6) is 0 Å². The van der Waals surface area contributed by atoms with Crippen LogP contribution in [0.1, 0.15) is 55.2 Å². The Balaban J connectivity index is 1.62. The van der Waals surface area contributed by atoms with E-state index in [1.54, 1.807) is 0 Å². The highest BCUT2D eigenvalue weighted by Crippen LogP contribution is 2.39. The summed E-state index contributed by atoms with van der Waals surface area (Å²) >= 11 is 0. The van der Waals surface area contributed by atoms with Crippen molar-refractivity contribution in [1.29, 1.82) is 0 Å². The molecule has 0 amide bonds. The van der Waals surface area contributed by atoms with Crippen LogP contribution in [-0.4, -0.2) is 32.8 Å². The maximum absolute atomic E-state index is 13.0. The van der Waals surface area contributed by atoms with Crippen molar-refractivity contribution in [2.24, 2.45) is 0 Å². The fraction of sp³-hybridized carbons (Fsp3) is 0.579. The molecule has 0 N–H and O–H groups in total. The van der Waals surface area contributed by atoms with Crippen molar-refractivity contribution in [2.45, 2.75) is 57.2 Å². The number of fused-ring (bicyclic) bond motifs is 1. The van der Waals surface area contributed by atoms with Gasteiger partial charge in [0, 0.05) is 38.0 Å². The van der Waals surface area contributed by atoms with Gasteiger partial charge in [0.25, 0.3) is 5.69 Å². The van der Waals surface area contributed by atoms with Crippen LogP contribution < -0.4 is 4.90 Å². The molecule has 2 aromatic rings. The van der Waals surface area contributed by atoms with Crippen molar-refractivity contribution < 1.29 is 18.1 Å². The number of halogens is 3. The molecule has 10 heteroatoms. The maximum atomic E-state index is 13.0. The van der Waals surface area contributed by atoms with Crippen LogP contribution in [-0.2, 0) is 19.1 Å². The van der Waals surface area contributed by atoms with Crippen LogP contribution in [0, 0.1) is 10.1 Å². The lowest BCUT2D eigenvalue weighted by molar-refractivity contribution is -0.384. The highest BCUT2D eigenvalue weighted by molar-refractivity contribution is 5.65. The molecular weight excluding hydrogens is 387 g/mol. The van der Waals surface area contributed by atoms with E-state index in [4.69, 9.17) is 0 Å². The topological polar surface area (TPSA) is 77.1 Å². The maximum Gasteiger partial charge on any atom is 0.416 e. The summed E-state index contributed by atoms with van der Waals surface area (Å²) in [6.07, 6.45) is 1.25. The number of anilines is 1. The van der Waals surface area contributed by atoms with E-state index in [0.717, 1.165) is 62.8 Å². The van der Waals surface area contributed by atoms with Crippen LogP contribution in [0.15, 0.2) is 18.2 Å². The Hall–Kier alpha value is -2.65. The molecule has 2 aliphatic rings. The van der Waals surface area contributed by atoms with Crippen molar-refractivity contribution in [3.05, 3.63) is 45.5 Å². The standard InChI is InChI=1S/C19H22F3N5O2/c20-19(21,22)14-7-8-15(16(11-14)27(28)29)25-9-4-5-13(12-25)18-24-23-17-6-2-1-3-10-26(17)18/h7-8,11,13H,1-6,9-10,12H2. The zero-order chi connectivity index (χ0) is 20.6. The van der Waals surface area contributed by atoms with Crippen LogP contribution in [0.25, 0.3) is 0 Å². The van der Waals surface area contributed by atoms with Crippen molar-refractivity contribution in [3.8, 4) is 0 Å². The van der Waals surface area contributed by atoms with Crippen LogP contribution >= 0.6 is 0 Å². The van der Waals surface area contributed by atoms with Gasteiger partial charge in [0.15, 0.2) is 0 Å². The van der Waals surface area contributed by atoms with E-state index in [-0.39, 0.29) is 11.6 Å². The van der Waals surface area contributed by atoms with Gasteiger partial charge in [-0.25, -0.2) is 0 Å². The van der Waals surface area contributed by atoms with Crippen LogP contribution in [0.3, 0.4) is 0 Å². The number of nitro groups is 1. The molecule has 0 radical (unpaired) electrons. The summed E-state index contributed by atoms with van der Waals surface area (Å²) in [4.78, 5) is 12.5. The first kappa shape index (κ1) is 19.7. The molecule has 4 rings (SSSR count). The average Bonchev–Trinajstić information content (AvgIpc) is 2.95. The van der Waals surface area contributed by atoms with Gasteiger partial charge in [0.2, 0.25) is 0 Å². The predicted molar refractivity (Wildman–Crippen MR) is 99.9 cm³/mol. The van der Waals surface area contributed by atoms with E-state index in [1.165, 1.54) is 6.07 Å². The van der Waals surface area contributed by atoms with E-state index in [0.29, 0.717) is 19.2 Å². The first-order valence-electron chi connectivity index (χ1n) is 9.87. The lowest BCUT2D eigenvalue weighted by Gasteiger charge is -2.34. The molecule has 3 heterocycles. The molecule has 0 bridgehead atoms. The third-order valence-electron chi connectivity index (χ3n) is 5.76. The minimum atomic E-state index is -4.62. The number of benzene rings is 1. The molecule has 1 fully saturated rings. The summed E-state index contributed by atoms with van der Waals surface area (Å²) in [5.74, 6) is 1.92. The third-order valence-corrected chi connectivity index (χ3v) is 5.76. The Kier molecular flexibility index (Phi) is 5.18. The minimum absolute atomic E-state index is 0.0463. The van der Waals surface area contributed by atoms with Gasteiger partial charge in [-0.2, -0.15) is 13.2 Å². The fourth-order valence-electron chi connectivity index (χ4n) is 4.33. The number of hydrogen-bond acceptors (Lipinski definition) is 5. The Morgan fingerprint density at radius 3 is 2.69 bits per heavy atom. The number of alkyl halides is 3. The third kappa shape index (κ3) is 3.92. The fourth-order valence-corrected chi connectivity index (χ4v) is 4.33. The highest BCUT2D eigenvalue weighted by atomic mass is 19.4. The summed E-state index contributed by atoms with van der Waals surface area (Å²) in [6.45, 7) is 1.91. The zero-order valence-corrected chi connectivity index (χ0v) is 15.9. The molecule has 29 heavy (non-hydrogen) atoms. The largest absolute Gasteiger partial charge is 0.416 e. The zero-order valence-electron chi connectivity index (χ0n) is 15.9. The molecule has 0 aliphatic carbocycles. The van der Waals surface area contributed by atoms with Gasteiger partial charge in [-0.15, -0.1) is 10.2 Å². The SMILES string of the molecule is O=[N+]([O-])c1cc(C(F)(F)F)ccc1N1CCCC(c2nnc3n2CCCCC3)C1. The molecule has 0 spiro atoms. The van der Waals surface area contributed by atoms with Crippen molar-refractivity contribution >= 4 is 11.4 Å². The number of nitrogens with zero attached hydrogens (tertiary/aromatic N) is 5. The van der Waals surface area contributed by atoms with E-state index in [1.807, 2.05) is 4.90 Å². The number of piperidine rings is 1. The van der Waals surface area contributed by atoms with Gasteiger partial charge in [-0.1, -0.05) is 6.42 Å². The molecule has 1 unspecified atom stereocenters. The number of hydrogen-bond donors (Lipinski definition) is 0. The smallest absolute Gasteiger partial charge is 0.365 e. The molecule has 1 saturated heterocycles. The van der Waals surface area contributed by atoms with Gasteiger partial charge in [0.05, 0.1) is 10.5 Å². The molecule has 1 aromatic carbocycles.